The first-order chi connectivity index (χ1) is 7.79. The summed E-state index contributed by atoms with van der Waals surface area (Å²) in [6, 6.07) is 0.412. The van der Waals surface area contributed by atoms with Crippen molar-refractivity contribution in [3.05, 3.63) is 0 Å². The van der Waals surface area contributed by atoms with Crippen LogP contribution < -0.4 is 5.32 Å². The standard InChI is InChI=1S/C12H22N2O2.ClH/c1-16-11-5-3-7-14(9-11)12(15)8-10-4-2-6-13-10;/h10-11,13H,2-9H2,1H3;1H. The number of nitrogens with zero attached hydrogens (tertiary/aromatic N) is 1. The number of nitrogens with one attached hydrogen (secondary N) is 1. The van der Waals surface area contributed by atoms with Crippen molar-refractivity contribution < 1.29 is 9.53 Å². The van der Waals surface area contributed by atoms with Crippen LogP contribution in [0.25, 0.3) is 0 Å². The van der Waals surface area contributed by atoms with Crippen LogP contribution in [0.15, 0.2) is 0 Å². The first-order valence-electron chi connectivity index (χ1n) is 6.33. The second-order valence-electron chi connectivity index (χ2n) is 4.84. The molecule has 2 unspecified atom stereocenters. The SMILES string of the molecule is COC1CCCN(C(=O)CC2CCCN2)C1.Cl. The molecule has 0 spiro atoms. The minimum Gasteiger partial charge on any atom is -0.380 e. The van der Waals surface area contributed by atoms with Gasteiger partial charge in [0.15, 0.2) is 0 Å². The fourth-order valence-electron chi connectivity index (χ4n) is 2.63. The summed E-state index contributed by atoms with van der Waals surface area (Å²) in [5.41, 5.74) is 0. The van der Waals surface area contributed by atoms with E-state index in [-0.39, 0.29) is 18.5 Å². The molecule has 1 amide bonds. The normalized spacial score (nSPS) is 28.9. The summed E-state index contributed by atoms with van der Waals surface area (Å²) < 4.78 is 5.33. The fraction of sp³-hybridized carbons (Fsp3) is 0.917. The molecule has 2 aliphatic rings. The zero-order valence-electron chi connectivity index (χ0n) is 10.5. The Balaban J connectivity index is 0.00000144. The van der Waals surface area contributed by atoms with E-state index in [0.29, 0.717) is 18.4 Å². The van der Waals surface area contributed by atoms with E-state index in [9.17, 15) is 4.79 Å². The molecule has 0 bridgehead atoms. The van der Waals surface area contributed by atoms with Crippen LogP contribution in [0, 0.1) is 0 Å². The maximum atomic E-state index is 12.0. The topological polar surface area (TPSA) is 41.6 Å². The highest BCUT2D eigenvalue weighted by Crippen LogP contribution is 2.16. The van der Waals surface area contributed by atoms with Crippen LogP contribution in [0.4, 0.5) is 0 Å². The summed E-state index contributed by atoms with van der Waals surface area (Å²) in [6.45, 7) is 2.76. The van der Waals surface area contributed by atoms with Gasteiger partial charge in [-0.2, -0.15) is 0 Å². The van der Waals surface area contributed by atoms with E-state index in [2.05, 4.69) is 5.32 Å². The molecule has 1 N–H and O–H groups in total. The number of hydrogen-bond acceptors (Lipinski definition) is 3. The minimum atomic E-state index is 0. The van der Waals surface area contributed by atoms with E-state index >= 15 is 0 Å². The summed E-state index contributed by atoms with van der Waals surface area (Å²) >= 11 is 0. The number of rotatable bonds is 3. The lowest BCUT2D eigenvalue weighted by molar-refractivity contribution is -0.135. The molecule has 0 saturated carbocycles. The van der Waals surface area contributed by atoms with Crippen molar-refractivity contribution >= 4 is 18.3 Å². The summed E-state index contributed by atoms with van der Waals surface area (Å²) in [7, 11) is 1.73. The van der Waals surface area contributed by atoms with Crippen molar-refractivity contribution in [1.82, 2.24) is 10.2 Å². The quantitative estimate of drug-likeness (QED) is 0.831. The monoisotopic (exact) mass is 262 g/mol. The average Bonchev–Trinajstić information content (AvgIpc) is 2.82. The predicted octanol–water partition coefficient (Wildman–Crippen LogP) is 1.19. The Labute approximate surface area is 109 Å². The van der Waals surface area contributed by atoms with Gasteiger partial charge in [-0.25, -0.2) is 0 Å². The maximum Gasteiger partial charge on any atom is 0.224 e. The first kappa shape index (κ1) is 14.7. The van der Waals surface area contributed by atoms with Gasteiger partial charge in [0.25, 0.3) is 0 Å². The molecule has 2 fully saturated rings. The molecule has 0 aromatic rings. The molecule has 0 aliphatic carbocycles. The Bertz CT molecular complexity index is 245. The summed E-state index contributed by atoms with van der Waals surface area (Å²) in [4.78, 5) is 14.0. The van der Waals surface area contributed by atoms with Gasteiger partial charge in [0.2, 0.25) is 5.91 Å². The molecule has 0 aromatic heterocycles. The number of likely N-dealkylation sites (tertiary alicyclic amines) is 1. The molecule has 0 radical (unpaired) electrons. The molecule has 5 heteroatoms. The Kier molecular flexibility index (Phi) is 6.23. The molecule has 2 aliphatic heterocycles. The van der Waals surface area contributed by atoms with Gasteiger partial charge in [-0.15, -0.1) is 12.4 Å². The lowest BCUT2D eigenvalue weighted by Gasteiger charge is -2.32. The van der Waals surface area contributed by atoms with Crippen molar-refractivity contribution in [1.29, 1.82) is 0 Å². The lowest BCUT2D eigenvalue weighted by atomic mass is 10.1. The molecular weight excluding hydrogens is 240 g/mol. The number of ether oxygens (including phenoxy) is 1. The maximum absolute atomic E-state index is 12.0. The van der Waals surface area contributed by atoms with Gasteiger partial charge < -0.3 is 15.0 Å². The van der Waals surface area contributed by atoms with Crippen molar-refractivity contribution in [3.8, 4) is 0 Å². The Morgan fingerprint density at radius 2 is 2.24 bits per heavy atom. The average molecular weight is 263 g/mol. The molecule has 2 saturated heterocycles. The van der Waals surface area contributed by atoms with E-state index in [0.717, 1.165) is 38.9 Å². The van der Waals surface area contributed by atoms with E-state index in [4.69, 9.17) is 4.74 Å². The van der Waals surface area contributed by atoms with Crippen LogP contribution in [-0.4, -0.2) is 49.7 Å². The molecule has 4 nitrogen and oxygen atoms in total. The van der Waals surface area contributed by atoms with Crippen LogP contribution in [0.3, 0.4) is 0 Å². The molecule has 2 heterocycles. The fourth-order valence-corrected chi connectivity index (χ4v) is 2.63. The second kappa shape index (κ2) is 7.19. The minimum absolute atomic E-state index is 0. The number of halogens is 1. The van der Waals surface area contributed by atoms with Gasteiger partial charge in [0.05, 0.1) is 6.10 Å². The number of amides is 1. The molecule has 2 atom stereocenters. The van der Waals surface area contributed by atoms with Crippen LogP contribution in [0.2, 0.25) is 0 Å². The van der Waals surface area contributed by atoms with Crippen LogP contribution >= 0.6 is 12.4 Å². The van der Waals surface area contributed by atoms with Gasteiger partial charge in [0.1, 0.15) is 0 Å². The number of piperidine rings is 1. The number of methoxy groups -OCH3 is 1. The van der Waals surface area contributed by atoms with Gasteiger partial charge in [-0.1, -0.05) is 0 Å². The van der Waals surface area contributed by atoms with Crippen molar-refractivity contribution in [2.24, 2.45) is 0 Å². The van der Waals surface area contributed by atoms with Crippen LogP contribution in [0.1, 0.15) is 32.1 Å². The van der Waals surface area contributed by atoms with Crippen molar-refractivity contribution in [3.63, 3.8) is 0 Å². The van der Waals surface area contributed by atoms with Crippen LogP contribution in [0.5, 0.6) is 0 Å². The molecule has 17 heavy (non-hydrogen) atoms. The van der Waals surface area contributed by atoms with Gasteiger partial charge in [0, 0.05) is 32.7 Å². The zero-order chi connectivity index (χ0) is 11.4. The molecular formula is C12H23ClN2O2. The summed E-state index contributed by atoms with van der Waals surface area (Å²) in [6.07, 6.45) is 5.42. The smallest absolute Gasteiger partial charge is 0.224 e. The predicted molar refractivity (Wildman–Crippen MR) is 69.5 cm³/mol. The van der Waals surface area contributed by atoms with Gasteiger partial charge in [-0.05, 0) is 32.2 Å². The lowest BCUT2D eigenvalue weighted by Crippen LogP contribution is -2.44. The highest BCUT2D eigenvalue weighted by molar-refractivity contribution is 5.85. The molecule has 2 rings (SSSR count). The number of carbonyl (C=O) groups excluding carboxylic acids is 1. The van der Waals surface area contributed by atoms with E-state index in [1.807, 2.05) is 4.90 Å². The first-order valence-corrected chi connectivity index (χ1v) is 6.33. The van der Waals surface area contributed by atoms with Gasteiger partial charge >= 0.3 is 0 Å². The number of hydrogen-bond donors (Lipinski definition) is 1. The Morgan fingerprint density at radius 1 is 1.41 bits per heavy atom. The second-order valence-corrected chi connectivity index (χ2v) is 4.84. The van der Waals surface area contributed by atoms with Gasteiger partial charge in [-0.3, -0.25) is 4.79 Å². The van der Waals surface area contributed by atoms with E-state index in [1.54, 1.807) is 7.11 Å². The molecule has 100 valence electrons. The van der Waals surface area contributed by atoms with E-state index in [1.165, 1.54) is 6.42 Å². The third-order valence-electron chi connectivity index (χ3n) is 3.65. The number of carbonyl (C=O) groups is 1. The molecule has 0 aromatic carbocycles. The highest BCUT2D eigenvalue weighted by atomic mass is 35.5. The summed E-state index contributed by atoms with van der Waals surface area (Å²) in [5, 5.41) is 3.37. The summed E-state index contributed by atoms with van der Waals surface area (Å²) in [5.74, 6) is 0.293. The Hall–Kier alpha value is -0.320. The highest BCUT2D eigenvalue weighted by Gasteiger charge is 2.26. The Morgan fingerprint density at radius 3 is 2.88 bits per heavy atom. The van der Waals surface area contributed by atoms with E-state index < -0.39 is 0 Å². The van der Waals surface area contributed by atoms with Crippen molar-refractivity contribution in [2.45, 2.75) is 44.2 Å². The van der Waals surface area contributed by atoms with Crippen molar-refractivity contribution in [2.75, 3.05) is 26.7 Å². The third-order valence-corrected chi connectivity index (χ3v) is 3.65. The van der Waals surface area contributed by atoms with Crippen LogP contribution in [-0.2, 0) is 9.53 Å². The third kappa shape index (κ3) is 4.12. The largest absolute Gasteiger partial charge is 0.380 e. The zero-order valence-corrected chi connectivity index (χ0v) is 11.3.